The molecule has 0 amide bonds. The molecule has 3 atom stereocenters. The van der Waals surface area contributed by atoms with Gasteiger partial charge in [0.05, 0.1) is 5.56 Å². The number of carbonyl (C=O) groups is 1. The Labute approximate surface area is 133 Å². The van der Waals surface area contributed by atoms with E-state index < -0.39 is 5.97 Å². The molecule has 2 rings (SSSR count). The molecule has 1 saturated heterocycles. The van der Waals surface area contributed by atoms with Gasteiger partial charge in [-0.1, -0.05) is 26.0 Å². The quantitative estimate of drug-likeness (QED) is 0.848. The molecule has 1 aromatic carbocycles. The Morgan fingerprint density at radius 2 is 2.05 bits per heavy atom. The Balaban J connectivity index is 1.81. The van der Waals surface area contributed by atoms with E-state index in [0.717, 1.165) is 23.9 Å². The Hall–Kier alpha value is -1.39. The van der Waals surface area contributed by atoms with Gasteiger partial charge in [-0.3, -0.25) is 0 Å². The van der Waals surface area contributed by atoms with Crippen LogP contribution in [0.2, 0.25) is 0 Å². The maximum absolute atomic E-state index is 11.0. The number of benzene rings is 1. The maximum atomic E-state index is 11.0. The Morgan fingerprint density at radius 1 is 1.36 bits per heavy atom. The third-order valence-electron chi connectivity index (χ3n) is 4.31. The number of nitrogens with one attached hydrogen (secondary N) is 1. The standard InChI is InChI=1S/C18H28N2O2/c1-13-7-14(2)11-20(10-13)12-15(3)19-9-16-5-4-6-17(8-16)18(21)22/h4-6,8,13-15,19H,7,9-12H2,1-3H3,(H,21,22). The molecular weight excluding hydrogens is 276 g/mol. The Morgan fingerprint density at radius 3 is 2.68 bits per heavy atom. The molecule has 4 heteroatoms. The van der Waals surface area contributed by atoms with Crippen LogP contribution in [0.5, 0.6) is 0 Å². The highest BCUT2D eigenvalue weighted by Gasteiger charge is 2.22. The fraction of sp³-hybridized carbons (Fsp3) is 0.611. The second-order valence-corrected chi connectivity index (χ2v) is 6.95. The zero-order chi connectivity index (χ0) is 16.1. The number of hydrogen-bond acceptors (Lipinski definition) is 3. The summed E-state index contributed by atoms with van der Waals surface area (Å²) >= 11 is 0. The molecule has 0 aromatic heterocycles. The van der Waals surface area contributed by atoms with Crippen LogP contribution in [-0.2, 0) is 6.54 Å². The number of likely N-dealkylation sites (tertiary alicyclic amines) is 1. The number of aromatic carboxylic acids is 1. The predicted molar refractivity (Wildman–Crippen MR) is 89.1 cm³/mol. The van der Waals surface area contributed by atoms with E-state index in [1.54, 1.807) is 18.2 Å². The molecule has 1 fully saturated rings. The third-order valence-corrected chi connectivity index (χ3v) is 4.31. The van der Waals surface area contributed by atoms with Crippen LogP contribution in [0.4, 0.5) is 0 Å². The second-order valence-electron chi connectivity index (χ2n) is 6.95. The highest BCUT2D eigenvalue weighted by atomic mass is 16.4. The molecule has 4 nitrogen and oxygen atoms in total. The topological polar surface area (TPSA) is 52.6 Å². The molecule has 1 aromatic rings. The van der Waals surface area contributed by atoms with Crippen molar-refractivity contribution in [3.63, 3.8) is 0 Å². The van der Waals surface area contributed by atoms with E-state index in [2.05, 4.69) is 31.0 Å². The molecule has 0 aliphatic carbocycles. The lowest BCUT2D eigenvalue weighted by atomic mass is 9.92. The average molecular weight is 304 g/mol. The van der Waals surface area contributed by atoms with E-state index >= 15 is 0 Å². The molecule has 0 spiro atoms. The first-order valence-corrected chi connectivity index (χ1v) is 8.22. The Kier molecular flexibility index (Phi) is 5.98. The van der Waals surface area contributed by atoms with Crippen molar-refractivity contribution in [2.75, 3.05) is 19.6 Å². The van der Waals surface area contributed by atoms with Crippen LogP contribution in [0.1, 0.15) is 43.1 Å². The van der Waals surface area contributed by atoms with E-state index in [-0.39, 0.29) is 0 Å². The van der Waals surface area contributed by atoms with Gasteiger partial charge in [0.1, 0.15) is 0 Å². The second kappa shape index (κ2) is 7.75. The minimum Gasteiger partial charge on any atom is -0.478 e. The van der Waals surface area contributed by atoms with Gasteiger partial charge in [0.2, 0.25) is 0 Å². The van der Waals surface area contributed by atoms with Crippen molar-refractivity contribution in [2.24, 2.45) is 11.8 Å². The number of carboxylic acid groups (broad SMARTS) is 1. The fourth-order valence-electron chi connectivity index (χ4n) is 3.50. The van der Waals surface area contributed by atoms with Crippen molar-refractivity contribution >= 4 is 5.97 Å². The minimum absolute atomic E-state index is 0.352. The lowest BCUT2D eigenvalue weighted by Gasteiger charge is -2.36. The summed E-state index contributed by atoms with van der Waals surface area (Å²) in [5.41, 5.74) is 1.37. The molecule has 1 aliphatic heterocycles. The van der Waals surface area contributed by atoms with Crippen LogP contribution in [0.3, 0.4) is 0 Å². The van der Waals surface area contributed by atoms with Gasteiger partial charge in [-0.05, 0) is 42.9 Å². The highest BCUT2D eigenvalue weighted by Crippen LogP contribution is 2.20. The van der Waals surface area contributed by atoms with E-state index in [4.69, 9.17) is 5.11 Å². The summed E-state index contributed by atoms with van der Waals surface area (Å²) in [6.45, 7) is 11.0. The van der Waals surface area contributed by atoms with Gasteiger partial charge in [0, 0.05) is 32.2 Å². The van der Waals surface area contributed by atoms with E-state index in [0.29, 0.717) is 18.2 Å². The lowest BCUT2D eigenvalue weighted by molar-refractivity contribution is 0.0696. The SMILES string of the molecule is CC1CC(C)CN(CC(C)NCc2cccc(C(=O)O)c2)C1. The monoisotopic (exact) mass is 304 g/mol. The van der Waals surface area contributed by atoms with Crippen molar-refractivity contribution < 1.29 is 9.90 Å². The molecule has 22 heavy (non-hydrogen) atoms. The lowest BCUT2D eigenvalue weighted by Crippen LogP contribution is -2.45. The van der Waals surface area contributed by atoms with Crippen LogP contribution in [0.25, 0.3) is 0 Å². The van der Waals surface area contributed by atoms with Gasteiger partial charge in [0.25, 0.3) is 0 Å². The van der Waals surface area contributed by atoms with Gasteiger partial charge in [0.15, 0.2) is 0 Å². The largest absolute Gasteiger partial charge is 0.478 e. The molecule has 1 aliphatic rings. The maximum Gasteiger partial charge on any atom is 0.335 e. The average Bonchev–Trinajstić information content (AvgIpc) is 2.44. The first kappa shape index (κ1) is 17.0. The van der Waals surface area contributed by atoms with E-state index in [9.17, 15) is 4.79 Å². The first-order chi connectivity index (χ1) is 10.4. The third kappa shape index (κ3) is 5.11. The molecule has 0 saturated carbocycles. The highest BCUT2D eigenvalue weighted by molar-refractivity contribution is 5.87. The van der Waals surface area contributed by atoms with E-state index in [1.165, 1.54) is 19.5 Å². The predicted octanol–water partition coefficient (Wildman–Crippen LogP) is 2.84. The van der Waals surface area contributed by atoms with Crippen molar-refractivity contribution in [1.29, 1.82) is 0 Å². The molecule has 2 N–H and O–H groups in total. The molecule has 0 bridgehead atoms. The van der Waals surface area contributed by atoms with Crippen LogP contribution in [0.15, 0.2) is 24.3 Å². The van der Waals surface area contributed by atoms with Crippen molar-refractivity contribution in [2.45, 2.75) is 39.8 Å². The van der Waals surface area contributed by atoms with Gasteiger partial charge in [-0.25, -0.2) is 4.79 Å². The summed E-state index contributed by atoms with van der Waals surface area (Å²) in [6, 6.07) is 7.54. The number of rotatable bonds is 6. The van der Waals surface area contributed by atoms with Crippen molar-refractivity contribution in [3.8, 4) is 0 Å². The molecule has 122 valence electrons. The van der Waals surface area contributed by atoms with Gasteiger partial charge in [-0.15, -0.1) is 0 Å². The van der Waals surface area contributed by atoms with Crippen LogP contribution < -0.4 is 5.32 Å². The summed E-state index contributed by atoms with van der Waals surface area (Å²) in [4.78, 5) is 13.5. The molecule has 0 radical (unpaired) electrons. The number of hydrogen-bond donors (Lipinski definition) is 2. The van der Waals surface area contributed by atoms with Crippen LogP contribution in [0, 0.1) is 11.8 Å². The number of nitrogens with zero attached hydrogens (tertiary/aromatic N) is 1. The number of piperidine rings is 1. The normalized spacial score (nSPS) is 24.1. The fourth-order valence-corrected chi connectivity index (χ4v) is 3.50. The van der Waals surface area contributed by atoms with Crippen LogP contribution in [-0.4, -0.2) is 41.7 Å². The van der Waals surface area contributed by atoms with Gasteiger partial charge in [-0.2, -0.15) is 0 Å². The molecule has 1 heterocycles. The van der Waals surface area contributed by atoms with Crippen molar-refractivity contribution in [3.05, 3.63) is 35.4 Å². The van der Waals surface area contributed by atoms with E-state index in [1.807, 2.05) is 6.07 Å². The first-order valence-electron chi connectivity index (χ1n) is 8.22. The molecule has 3 unspecified atom stereocenters. The smallest absolute Gasteiger partial charge is 0.335 e. The zero-order valence-electron chi connectivity index (χ0n) is 13.9. The summed E-state index contributed by atoms with van der Waals surface area (Å²) < 4.78 is 0. The van der Waals surface area contributed by atoms with Gasteiger partial charge >= 0.3 is 5.97 Å². The number of carboxylic acids is 1. The minimum atomic E-state index is -0.869. The summed E-state index contributed by atoms with van der Waals surface area (Å²) in [5, 5.41) is 12.5. The zero-order valence-corrected chi connectivity index (χ0v) is 13.9. The van der Waals surface area contributed by atoms with Crippen molar-refractivity contribution in [1.82, 2.24) is 10.2 Å². The summed E-state index contributed by atoms with van der Waals surface area (Å²) in [5.74, 6) is 0.692. The summed E-state index contributed by atoms with van der Waals surface area (Å²) in [7, 11) is 0. The molecular formula is C18H28N2O2. The summed E-state index contributed by atoms with van der Waals surface area (Å²) in [6.07, 6.45) is 1.33. The Bertz CT molecular complexity index is 494. The van der Waals surface area contributed by atoms with Gasteiger partial charge < -0.3 is 15.3 Å². The van der Waals surface area contributed by atoms with Crippen LogP contribution >= 0.6 is 0 Å².